The summed E-state index contributed by atoms with van der Waals surface area (Å²) in [6.45, 7) is 6.12. The molecule has 3 aromatic rings. The van der Waals surface area contributed by atoms with Crippen LogP contribution in [-0.2, 0) is 17.1 Å². The number of oxazole rings is 1. The first-order valence-electron chi connectivity index (χ1n) is 7.73. The molecule has 1 N–H and O–H groups in total. The van der Waals surface area contributed by atoms with E-state index in [-0.39, 0.29) is 5.91 Å². The summed E-state index contributed by atoms with van der Waals surface area (Å²) in [4.78, 5) is 20.7. The van der Waals surface area contributed by atoms with E-state index in [1.165, 1.54) is 17.3 Å². The fourth-order valence-electron chi connectivity index (χ4n) is 2.31. The van der Waals surface area contributed by atoms with Crippen molar-refractivity contribution in [3.05, 3.63) is 53.1 Å². The maximum atomic E-state index is 11.9. The third-order valence-corrected chi connectivity index (χ3v) is 4.61. The molecule has 0 bridgehead atoms. The predicted octanol–water partition coefficient (Wildman–Crippen LogP) is 2.80. The summed E-state index contributed by atoms with van der Waals surface area (Å²) < 4.78 is 7.45. The maximum Gasteiger partial charge on any atom is 0.230 e. The van der Waals surface area contributed by atoms with Gasteiger partial charge in [0.2, 0.25) is 11.8 Å². The van der Waals surface area contributed by atoms with E-state index in [4.69, 9.17) is 4.42 Å². The van der Waals surface area contributed by atoms with Crippen LogP contribution in [0.5, 0.6) is 0 Å². The second-order valence-corrected chi connectivity index (χ2v) is 6.71. The smallest absolute Gasteiger partial charge is 0.230 e. The van der Waals surface area contributed by atoms with Gasteiger partial charge in [-0.1, -0.05) is 6.07 Å². The molecule has 3 rings (SSSR count). The van der Waals surface area contributed by atoms with Gasteiger partial charge in [-0.3, -0.25) is 4.79 Å². The molecule has 0 saturated heterocycles. The molecule has 0 aliphatic rings. The van der Waals surface area contributed by atoms with Gasteiger partial charge in [-0.15, -0.1) is 11.8 Å². The fraction of sp³-hybridized carbons (Fsp3) is 0.353. The van der Waals surface area contributed by atoms with Gasteiger partial charge >= 0.3 is 0 Å². The number of hydrogen-bond donors (Lipinski definition) is 1. The van der Waals surface area contributed by atoms with Crippen LogP contribution < -0.4 is 5.32 Å². The van der Waals surface area contributed by atoms with Crippen LogP contribution in [-0.4, -0.2) is 26.0 Å². The van der Waals surface area contributed by atoms with Gasteiger partial charge in [0.1, 0.15) is 11.4 Å². The molecule has 6 nitrogen and oxygen atoms in total. The van der Waals surface area contributed by atoms with Crippen LogP contribution in [0.1, 0.15) is 28.6 Å². The molecular formula is C17H20N4O2S. The molecule has 0 spiro atoms. The largest absolute Gasteiger partial charge is 0.444 e. The van der Waals surface area contributed by atoms with Crippen molar-refractivity contribution in [3.63, 3.8) is 0 Å². The summed E-state index contributed by atoms with van der Waals surface area (Å²) in [5.74, 6) is 2.37. The summed E-state index contributed by atoms with van der Waals surface area (Å²) in [7, 11) is 0. The van der Waals surface area contributed by atoms with Crippen molar-refractivity contribution in [2.45, 2.75) is 33.1 Å². The molecule has 0 atom stereocenters. The van der Waals surface area contributed by atoms with Crippen LogP contribution in [0.15, 0.2) is 28.9 Å². The molecule has 0 radical (unpaired) electrons. The van der Waals surface area contributed by atoms with Gasteiger partial charge in [-0.25, -0.2) is 9.97 Å². The van der Waals surface area contributed by atoms with E-state index in [2.05, 4.69) is 22.2 Å². The molecule has 126 valence electrons. The molecule has 0 saturated carbocycles. The van der Waals surface area contributed by atoms with Gasteiger partial charge in [-0.05, 0) is 32.4 Å². The van der Waals surface area contributed by atoms with Gasteiger partial charge < -0.3 is 14.1 Å². The van der Waals surface area contributed by atoms with Crippen molar-refractivity contribution < 1.29 is 9.21 Å². The summed E-state index contributed by atoms with van der Waals surface area (Å²) in [6.07, 6.45) is 4.05. The van der Waals surface area contributed by atoms with Gasteiger partial charge in [0.05, 0.1) is 23.7 Å². The van der Waals surface area contributed by atoms with E-state index in [9.17, 15) is 4.79 Å². The molecule has 3 heterocycles. The molecule has 0 unspecified atom stereocenters. The maximum absolute atomic E-state index is 11.9. The molecule has 24 heavy (non-hydrogen) atoms. The van der Waals surface area contributed by atoms with Crippen molar-refractivity contribution >= 4 is 23.3 Å². The monoisotopic (exact) mass is 344 g/mol. The third-order valence-electron chi connectivity index (χ3n) is 3.64. The van der Waals surface area contributed by atoms with Gasteiger partial charge in [0, 0.05) is 18.1 Å². The number of nitrogens with one attached hydrogen (secondary N) is 1. The predicted molar refractivity (Wildman–Crippen MR) is 93.9 cm³/mol. The molecular weight excluding hydrogens is 324 g/mol. The van der Waals surface area contributed by atoms with Crippen molar-refractivity contribution in [1.29, 1.82) is 0 Å². The van der Waals surface area contributed by atoms with Crippen molar-refractivity contribution in [2.75, 3.05) is 5.75 Å². The summed E-state index contributed by atoms with van der Waals surface area (Å²) in [5.41, 5.74) is 3.94. The Morgan fingerprint density at radius 1 is 1.25 bits per heavy atom. The number of aromatic nitrogens is 3. The molecule has 0 fully saturated rings. The standard InChI is InChI=1S/C17H20N4O2S/c1-11-4-5-15-20-14(8-21(15)7-11)9-24-10-16(22)18-6-17-19-12(2)13(3)23-17/h4-5,7-8H,6,9-10H2,1-3H3,(H,18,22). The first-order valence-corrected chi connectivity index (χ1v) is 8.88. The van der Waals surface area contributed by atoms with Crippen molar-refractivity contribution in [2.24, 2.45) is 0 Å². The molecule has 7 heteroatoms. The van der Waals surface area contributed by atoms with Crippen LogP contribution >= 0.6 is 11.8 Å². The Bertz CT molecular complexity index is 849. The number of nitrogens with zero attached hydrogens (tertiary/aromatic N) is 3. The Hall–Kier alpha value is -2.28. The second kappa shape index (κ2) is 7.09. The van der Waals surface area contributed by atoms with E-state index in [1.54, 1.807) is 0 Å². The first-order chi connectivity index (χ1) is 11.5. The van der Waals surface area contributed by atoms with Crippen LogP contribution in [0.3, 0.4) is 0 Å². The number of rotatable bonds is 6. The number of carbonyl (C=O) groups excluding carboxylic acids is 1. The van der Waals surface area contributed by atoms with Gasteiger partial charge in [-0.2, -0.15) is 0 Å². The number of aryl methyl sites for hydroxylation is 3. The highest BCUT2D eigenvalue weighted by Gasteiger charge is 2.08. The Kier molecular flexibility index (Phi) is 4.89. The number of hydrogen-bond acceptors (Lipinski definition) is 5. The second-order valence-electron chi connectivity index (χ2n) is 5.72. The van der Waals surface area contributed by atoms with E-state index < -0.39 is 0 Å². The normalized spacial score (nSPS) is 11.1. The minimum Gasteiger partial charge on any atom is -0.444 e. The minimum atomic E-state index is -0.0342. The number of imidazole rings is 1. The van der Waals surface area contributed by atoms with Crippen LogP contribution in [0.25, 0.3) is 5.65 Å². The summed E-state index contributed by atoms with van der Waals surface area (Å²) >= 11 is 1.54. The lowest BCUT2D eigenvalue weighted by atomic mass is 10.3. The molecule has 0 aromatic carbocycles. The van der Waals surface area contributed by atoms with Crippen molar-refractivity contribution in [1.82, 2.24) is 19.7 Å². The highest BCUT2D eigenvalue weighted by Crippen LogP contribution is 2.14. The highest BCUT2D eigenvalue weighted by atomic mass is 32.2. The van der Waals surface area contributed by atoms with Gasteiger partial charge in [0.15, 0.2) is 0 Å². The lowest BCUT2D eigenvalue weighted by Gasteiger charge is -2.01. The average molecular weight is 344 g/mol. The minimum absolute atomic E-state index is 0.0342. The quantitative estimate of drug-likeness (QED) is 0.744. The van der Waals surface area contributed by atoms with E-state index >= 15 is 0 Å². The van der Waals surface area contributed by atoms with E-state index in [1.807, 2.05) is 42.8 Å². The van der Waals surface area contributed by atoms with Crippen LogP contribution in [0.4, 0.5) is 0 Å². The van der Waals surface area contributed by atoms with Crippen LogP contribution in [0.2, 0.25) is 0 Å². The summed E-state index contributed by atoms with van der Waals surface area (Å²) in [5, 5.41) is 2.82. The molecule has 0 aliphatic carbocycles. The Morgan fingerprint density at radius 2 is 2.08 bits per heavy atom. The summed E-state index contributed by atoms with van der Waals surface area (Å²) in [6, 6.07) is 4.04. The Morgan fingerprint density at radius 3 is 2.83 bits per heavy atom. The molecule has 0 aliphatic heterocycles. The van der Waals surface area contributed by atoms with Crippen molar-refractivity contribution in [3.8, 4) is 0 Å². The molecule has 1 amide bonds. The number of amides is 1. The van der Waals surface area contributed by atoms with E-state index in [0.29, 0.717) is 23.9 Å². The topological polar surface area (TPSA) is 72.4 Å². The third kappa shape index (κ3) is 3.97. The van der Waals surface area contributed by atoms with Crippen LogP contribution in [0, 0.1) is 20.8 Å². The Balaban J connectivity index is 1.45. The first kappa shape index (κ1) is 16.6. The highest BCUT2D eigenvalue weighted by molar-refractivity contribution is 7.99. The Labute approximate surface area is 144 Å². The average Bonchev–Trinajstić information content (AvgIpc) is 3.08. The fourth-order valence-corrected chi connectivity index (χ4v) is 3.05. The SMILES string of the molecule is Cc1ccc2nc(CSCC(=O)NCc3nc(C)c(C)o3)cn2c1. The number of carbonyl (C=O) groups is 1. The molecule has 3 aromatic heterocycles. The lowest BCUT2D eigenvalue weighted by Crippen LogP contribution is -2.24. The number of thioether (sulfide) groups is 1. The number of pyridine rings is 1. The zero-order valence-electron chi connectivity index (χ0n) is 14.0. The zero-order valence-corrected chi connectivity index (χ0v) is 14.8. The van der Waals surface area contributed by atoms with E-state index in [0.717, 1.165) is 22.8 Å². The number of fused-ring (bicyclic) bond motifs is 1. The van der Waals surface area contributed by atoms with Gasteiger partial charge in [0.25, 0.3) is 0 Å². The zero-order chi connectivity index (χ0) is 17.1. The lowest BCUT2D eigenvalue weighted by molar-refractivity contribution is -0.118.